The fourth-order valence-corrected chi connectivity index (χ4v) is 8.06. The van der Waals surface area contributed by atoms with Crippen molar-refractivity contribution >= 4 is 26.0 Å². The first-order valence-electron chi connectivity index (χ1n) is 19.2. The standard InChI is InChI=1S/C46H49F3N2O5Si/c1-46(2,3)57(4,5)56-42(33-16-18-34(47)19-17-33)27-26-39(44(52)51-41(30-55-45(51)53)32-14-10-7-11-15-32)43(50-36-22-20-35(48)21-23-36)38-25-24-37(28-40(38)49)54-29-31-12-8-6-9-13-31/h6-25,28,39,41-43,50H,26-27,29-30H2,1-5H3/t39?,41-,42?,43?/m1/s1. The summed E-state index contributed by atoms with van der Waals surface area (Å²) >= 11 is 0. The van der Waals surface area contributed by atoms with Crippen LogP contribution in [0, 0.1) is 23.4 Å². The van der Waals surface area contributed by atoms with Crippen molar-refractivity contribution in [2.24, 2.45) is 5.92 Å². The van der Waals surface area contributed by atoms with Gasteiger partial charge < -0.3 is 19.2 Å². The van der Waals surface area contributed by atoms with E-state index in [1.54, 1.807) is 24.3 Å². The molecule has 298 valence electrons. The molecule has 3 unspecified atom stereocenters. The van der Waals surface area contributed by atoms with E-state index < -0.39 is 61.9 Å². The number of rotatable bonds is 15. The minimum atomic E-state index is -2.45. The molecule has 1 fully saturated rings. The van der Waals surface area contributed by atoms with Gasteiger partial charge in [-0.25, -0.2) is 22.9 Å². The smallest absolute Gasteiger partial charge is 0.417 e. The van der Waals surface area contributed by atoms with E-state index >= 15 is 9.18 Å². The summed E-state index contributed by atoms with van der Waals surface area (Å²) in [5, 5.41) is 3.15. The summed E-state index contributed by atoms with van der Waals surface area (Å²) in [4.78, 5) is 29.8. The summed E-state index contributed by atoms with van der Waals surface area (Å²) in [6.07, 6.45) is -1.01. The lowest BCUT2D eigenvalue weighted by molar-refractivity contribution is -0.134. The van der Waals surface area contributed by atoms with Crippen molar-refractivity contribution in [2.45, 2.75) is 76.5 Å². The van der Waals surface area contributed by atoms with E-state index in [2.05, 4.69) is 39.2 Å². The van der Waals surface area contributed by atoms with E-state index in [0.29, 0.717) is 11.3 Å². The molecule has 4 atom stereocenters. The minimum Gasteiger partial charge on any atom is -0.489 e. The quantitative estimate of drug-likeness (QED) is 0.106. The number of carbonyl (C=O) groups excluding carboxylic acids is 2. The summed E-state index contributed by atoms with van der Waals surface area (Å²) < 4.78 is 63.4. The lowest BCUT2D eigenvalue weighted by Crippen LogP contribution is -2.43. The third-order valence-corrected chi connectivity index (χ3v) is 15.4. The number of hydrogen-bond acceptors (Lipinski definition) is 6. The van der Waals surface area contributed by atoms with Crippen molar-refractivity contribution in [1.82, 2.24) is 4.90 Å². The molecule has 1 saturated heterocycles. The van der Waals surface area contributed by atoms with Gasteiger partial charge in [-0.15, -0.1) is 0 Å². The fraction of sp³-hybridized carbons (Fsp3) is 0.304. The highest BCUT2D eigenvalue weighted by Gasteiger charge is 2.45. The van der Waals surface area contributed by atoms with Crippen LogP contribution in [-0.2, 0) is 20.6 Å². The van der Waals surface area contributed by atoms with Gasteiger partial charge in [-0.3, -0.25) is 4.79 Å². The van der Waals surface area contributed by atoms with Crippen LogP contribution in [0.2, 0.25) is 18.1 Å². The van der Waals surface area contributed by atoms with E-state index in [1.807, 2.05) is 60.7 Å². The largest absolute Gasteiger partial charge is 0.489 e. The molecule has 5 aromatic carbocycles. The molecule has 0 saturated carbocycles. The van der Waals surface area contributed by atoms with Crippen LogP contribution < -0.4 is 10.1 Å². The first-order valence-corrected chi connectivity index (χ1v) is 22.1. The number of anilines is 1. The predicted molar refractivity (Wildman–Crippen MR) is 217 cm³/mol. The van der Waals surface area contributed by atoms with E-state index in [9.17, 15) is 13.6 Å². The molecule has 0 bridgehead atoms. The summed E-state index contributed by atoms with van der Waals surface area (Å²) in [5.41, 5.74) is 2.90. The third kappa shape index (κ3) is 10.1. The Morgan fingerprint density at radius 3 is 2.07 bits per heavy atom. The van der Waals surface area contributed by atoms with Crippen LogP contribution in [0.25, 0.3) is 0 Å². The Kier molecular flexibility index (Phi) is 12.9. The van der Waals surface area contributed by atoms with Gasteiger partial charge in [0.05, 0.1) is 18.1 Å². The molecule has 5 aromatic rings. The van der Waals surface area contributed by atoms with Gasteiger partial charge in [-0.05, 0) is 90.1 Å². The van der Waals surface area contributed by atoms with Crippen LogP contribution in [0.1, 0.15) is 74.1 Å². The Bertz CT molecular complexity index is 2110. The number of ether oxygens (including phenoxy) is 2. The minimum absolute atomic E-state index is 0.0497. The second-order valence-corrected chi connectivity index (χ2v) is 20.7. The Morgan fingerprint density at radius 2 is 1.46 bits per heavy atom. The van der Waals surface area contributed by atoms with Crippen molar-refractivity contribution < 1.29 is 36.7 Å². The van der Waals surface area contributed by atoms with Crippen LogP contribution in [0.4, 0.5) is 23.7 Å². The molecule has 0 aromatic heterocycles. The summed E-state index contributed by atoms with van der Waals surface area (Å²) in [6.45, 7) is 10.8. The molecule has 1 heterocycles. The topological polar surface area (TPSA) is 77.1 Å². The molecule has 0 aliphatic carbocycles. The molecule has 1 N–H and O–H groups in total. The molecule has 1 aliphatic heterocycles. The Labute approximate surface area is 333 Å². The van der Waals surface area contributed by atoms with Crippen LogP contribution in [0.15, 0.2) is 127 Å². The normalized spacial score (nSPS) is 16.1. The Hall–Kier alpha value is -5.39. The van der Waals surface area contributed by atoms with Crippen LogP contribution in [-0.4, -0.2) is 31.8 Å². The molecule has 57 heavy (non-hydrogen) atoms. The van der Waals surface area contributed by atoms with E-state index in [0.717, 1.165) is 16.0 Å². The maximum absolute atomic E-state index is 16.6. The van der Waals surface area contributed by atoms with E-state index in [1.165, 1.54) is 42.5 Å². The van der Waals surface area contributed by atoms with Gasteiger partial charge in [-0.1, -0.05) is 99.6 Å². The van der Waals surface area contributed by atoms with Gasteiger partial charge in [0.2, 0.25) is 5.91 Å². The number of amides is 2. The maximum atomic E-state index is 16.6. The third-order valence-electron chi connectivity index (χ3n) is 11.0. The van der Waals surface area contributed by atoms with Crippen molar-refractivity contribution in [1.29, 1.82) is 0 Å². The van der Waals surface area contributed by atoms with Crippen molar-refractivity contribution in [2.75, 3.05) is 11.9 Å². The molecule has 1 aliphatic rings. The number of nitrogens with zero attached hydrogens (tertiary/aromatic N) is 1. The number of imide groups is 1. The van der Waals surface area contributed by atoms with E-state index in [4.69, 9.17) is 13.9 Å². The maximum Gasteiger partial charge on any atom is 0.417 e. The first kappa shape index (κ1) is 41.2. The van der Waals surface area contributed by atoms with Gasteiger partial charge >= 0.3 is 6.09 Å². The number of benzene rings is 5. The second-order valence-electron chi connectivity index (χ2n) is 15.9. The SMILES string of the molecule is CC(C)(C)[Si](C)(C)OC(CCC(C(=O)N1C(=O)OC[C@@H]1c1ccccc1)C(Nc1ccc(F)cc1)c1ccc(OCc2ccccc2)cc1F)c1ccc(F)cc1. The number of nitrogens with one attached hydrogen (secondary N) is 1. The summed E-state index contributed by atoms with van der Waals surface area (Å²) in [5.74, 6) is -2.90. The molecule has 11 heteroatoms. The van der Waals surface area contributed by atoms with Gasteiger partial charge in [0.15, 0.2) is 8.32 Å². The van der Waals surface area contributed by atoms with Crippen molar-refractivity contribution in [3.05, 3.63) is 167 Å². The monoisotopic (exact) mass is 794 g/mol. The van der Waals surface area contributed by atoms with Crippen molar-refractivity contribution in [3.8, 4) is 5.75 Å². The van der Waals surface area contributed by atoms with Gasteiger partial charge in [-0.2, -0.15) is 0 Å². The van der Waals surface area contributed by atoms with Crippen LogP contribution >= 0.6 is 0 Å². The fourth-order valence-electron chi connectivity index (χ4n) is 6.74. The second kappa shape index (κ2) is 17.8. The molecular formula is C46H49F3N2O5Si. The Balaban J connectivity index is 1.43. The highest BCUT2D eigenvalue weighted by atomic mass is 28.4. The average Bonchev–Trinajstić information content (AvgIpc) is 3.58. The van der Waals surface area contributed by atoms with Gasteiger partial charge in [0.25, 0.3) is 0 Å². The lowest BCUT2D eigenvalue weighted by Gasteiger charge is -2.40. The van der Waals surface area contributed by atoms with Gasteiger partial charge in [0.1, 0.15) is 42.5 Å². The molecule has 6 rings (SSSR count). The van der Waals surface area contributed by atoms with Crippen LogP contribution in [0.3, 0.4) is 0 Å². The zero-order chi connectivity index (χ0) is 40.7. The van der Waals surface area contributed by atoms with Crippen LogP contribution in [0.5, 0.6) is 5.75 Å². The van der Waals surface area contributed by atoms with Crippen molar-refractivity contribution in [3.63, 3.8) is 0 Å². The predicted octanol–water partition coefficient (Wildman–Crippen LogP) is 11.7. The molecule has 7 nitrogen and oxygen atoms in total. The summed E-state index contributed by atoms with van der Waals surface area (Å²) in [6, 6.07) is 33.0. The number of halogens is 3. The zero-order valence-corrected chi connectivity index (χ0v) is 33.9. The number of carbonyl (C=O) groups is 2. The Morgan fingerprint density at radius 1 is 0.842 bits per heavy atom. The van der Waals surface area contributed by atoms with Gasteiger partial charge in [0, 0.05) is 17.3 Å². The molecular weight excluding hydrogens is 746 g/mol. The molecule has 2 amide bonds. The average molecular weight is 795 g/mol. The first-order chi connectivity index (χ1) is 27.2. The molecule has 0 radical (unpaired) electrons. The molecule has 0 spiro atoms. The lowest BCUT2D eigenvalue weighted by atomic mass is 9.85. The number of hydrogen-bond donors (Lipinski definition) is 1. The zero-order valence-electron chi connectivity index (χ0n) is 32.9. The highest BCUT2D eigenvalue weighted by molar-refractivity contribution is 6.74. The highest BCUT2D eigenvalue weighted by Crippen LogP contribution is 2.43. The number of cyclic esters (lactones) is 1. The summed E-state index contributed by atoms with van der Waals surface area (Å²) in [7, 11) is -2.45. The van der Waals surface area contributed by atoms with E-state index in [-0.39, 0.29) is 42.4 Å².